The Morgan fingerprint density at radius 2 is 1.02 bits per heavy atom. The lowest BCUT2D eigenvalue weighted by atomic mass is 10.0. The lowest BCUT2D eigenvalue weighted by Gasteiger charge is -2.24. The number of ether oxygens (including phenoxy) is 3. The average molecular weight is 935 g/mol. The van der Waals surface area contributed by atoms with Crippen LogP contribution in [-0.2, 0) is 37.4 Å². The highest BCUT2D eigenvalue weighted by Crippen LogP contribution is 2.43. The fourth-order valence-corrected chi connectivity index (χ4v) is 8.06. The van der Waals surface area contributed by atoms with Gasteiger partial charge in [0.2, 0.25) is 0 Å². The van der Waals surface area contributed by atoms with Crippen LogP contribution in [0.1, 0.15) is 206 Å². The third-order valence-electron chi connectivity index (χ3n) is 11.5. The number of unbranched alkanes of at least 4 members (excludes halogenated alkanes) is 20. The highest BCUT2D eigenvalue weighted by atomic mass is 31.2. The predicted molar refractivity (Wildman–Crippen MR) is 270 cm³/mol. The summed E-state index contributed by atoms with van der Waals surface area (Å²) in [6, 6.07) is 0. The number of hydrogen-bond donors (Lipinski definition) is 1. The summed E-state index contributed by atoms with van der Waals surface area (Å²) in [5, 5.41) is 0. The molecular weight excluding hydrogens is 838 g/mol. The van der Waals surface area contributed by atoms with Gasteiger partial charge in [0.25, 0.3) is 0 Å². The maximum atomic E-state index is 12.7. The highest BCUT2D eigenvalue weighted by Gasteiger charge is 2.36. The second-order valence-electron chi connectivity index (χ2n) is 18.9. The fraction of sp³-hybridized carbons (Fsp3) is 0.778. The van der Waals surface area contributed by atoms with Gasteiger partial charge < -0.3 is 23.6 Å². The van der Waals surface area contributed by atoms with Crippen LogP contribution in [0, 0.1) is 0 Å². The van der Waals surface area contributed by atoms with Crippen molar-refractivity contribution in [1.82, 2.24) is 0 Å². The van der Waals surface area contributed by atoms with Gasteiger partial charge in [0.15, 0.2) is 6.10 Å². The molecule has 11 heteroatoms. The molecule has 0 amide bonds. The van der Waals surface area contributed by atoms with Gasteiger partial charge in [-0.05, 0) is 51.4 Å². The number of quaternary nitrogens is 1. The monoisotopic (exact) mass is 935 g/mol. The Labute approximate surface area is 398 Å². The number of esters is 2. The van der Waals surface area contributed by atoms with E-state index < -0.39 is 26.5 Å². The van der Waals surface area contributed by atoms with Gasteiger partial charge in [-0.15, -0.1) is 0 Å². The van der Waals surface area contributed by atoms with Crippen LogP contribution in [0.25, 0.3) is 0 Å². The Kier molecular flexibility index (Phi) is 39.0. The molecular formula is C54H97NO9P+. The first-order valence-corrected chi connectivity index (χ1v) is 27.6. The van der Waals surface area contributed by atoms with E-state index >= 15 is 0 Å². The molecule has 1 fully saturated rings. The summed E-state index contributed by atoms with van der Waals surface area (Å²) in [5.41, 5.74) is 0. The third kappa shape index (κ3) is 42.7. The van der Waals surface area contributed by atoms with E-state index in [2.05, 4.69) is 62.5 Å². The first-order chi connectivity index (χ1) is 31.5. The van der Waals surface area contributed by atoms with Crippen LogP contribution in [0.15, 0.2) is 60.8 Å². The molecule has 3 unspecified atom stereocenters. The number of carbonyl (C=O) groups is 2. The van der Waals surface area contributed by atoms with Crippen molar-refractivity contribution in [3.63, 3.8) is 0 Å². The minimum Gasteiger partial charge on any atom is -0.462 e. The van der Waals surface area contributed by atoms with Gasteiger partial charge in [0.05, 0.1) is 40.0 Å². The molecule has 0 bridgehead atoms. The number of phosphoric acid groups is 1. The Bertz CT molecular complexity index is 1350. The van der Waals surface area contributed by atoms with Gasteiger partial charge in [-0.25, -0.2) is 4.57 Å². The highest BCUT2D eigenvalue weighted by molar-refractivity contribution is 7.47. The minimum absolute atomic E-state index is 0.0150. The number of phosphoric ester groups is 1. The molecule has 1 rings (SSSR count). The number of allylic oxidation sites excluding steroid dienone is 8. The lowest BCUT2D eigenvalue weighted by molar-refractivity contribution is -0.870. The molecule has 0 aliphatic carbocycles. The van der Waals surface area contributed by atoms with E-state index in [1.54, 1.807) is 0 Å². The summed E-state index contributed by atoms with van der Waals surface area (Å²) >= 11 is 0. The number of likely N-dealkylation sites (N-methyl/N-ethyl adjacent to an activating group) is 1. The van der Waals surface area contributed by atoms with E-state index in [0.717, 1.165) is 57.8 Å². The molecule has 0 spiro atoms. The first kappa shape index (κ1) is 60.7. The molecule has 1 heterocycles. The standard InChI is InChI=1S/C54H96NO9P/c1-6-8-10-11-12-13-14-15-16-17-18-19-20-21-22-23-27-30-33-36-40-44-53(56)60-48-50(49-62-65(58,59)61-47-46-55(3,4)5)63-54(57)45-41-37-34-31-28-25-24-26-29-32-35-39-43-52-51(64-52)42-38-9-7-2/h9,25-26,28-29,34-35,37-39,50-52H,6-8,10-24,27,30-33,36,40-49H2,1-5H3/p+1/b28-25-,29-26-,37-34-,38-9-,39-35-/t50-,51?,52?/m1/s1. The molecule has 1 aliphatic rings. The molecule has 0 aromatic heterocycles. The second-order valence-corrected chi connectivity index (χ2v) is 20.4. The summed E-state index contributed by atoms with van der Waals surface area (Å²) in [4.78, 5) is 35.5. The Hall–Kier alpha value is -2.33. The van der Waals surface area contributed by atoms with Crippen molar-refractivity contribution in [2.24, 2.45) is 0 Å². The second kappa shape index (κ2) is 41.8. The van der Waals surface area contributed by atoms with Crippen LogP contribution in [0.3, 0.4) is 0 Å². The molecule has 0 aromatic rings. The predicted octanol–water partition coefficient (Wildman–Crippen LogP) is 14.6. The summed E-state index contributed by atoms with van der Waals surface area (Å²) in [7, 11) is 1.42. The van der Waals surface area contributed by atoms with Gasteiger partial charge in [-0.2, -0.15) is 0 Å². The fourth-order valence-electron chi connectivity index (χ4n) is 7.32. The van der Waals surface area contributed by atoms with E-state index in [4.69, 9.17) is 23.3 Å². The van der Waals surface area contributed by atoms with Crippen molar-refractivity contribution in [1.29, 1.82) is 0 Å². The van der Waals surface area contributed by atoms with Crippen molar-refractivity contribution in [2.45, 2.75) is 225 Å². The molecule has 0 radical (unpaired) electrons. The van der Waals surface area contributed by atoms with Crippen LogP contribution in [0.4, 0.5) is 0 Å². The van der Waals surface area contributed by atoms with Gasteiger partial charge in [0, 0.05) is 12.8 Å². The molecule has 0 aromatic carbocycles. The summed E-state index contributed by atoms with van der Waals surface area (Å²) < 4.78 is 40.1. The first-order valence-electron chi connectivity index (χ1n) is 26.1. The molecule has 65 heavy (non-hydrogen) atoms. The SMILES string of the molecule is CC/C=C\CC1OC1C/C=C\C/C=C\C/C=C\C/C=C\CCC(=O)O[C@H](COC(=O)CCCCCCCCCCCCCCCCCCCCCCC)COP(=O)(O)OCC[N+](C)(C)C. The normalized spacial score (nSPS) is 17.0. The molecule has 4 atom stereocenters. The number of carbonyl (C=O) groups excluding carboxylic acids is 2. The Morgan fingerprint density at radius 3 is 1.49 bits per heavy atom. The zero-order valence-electron chi connectivity index (χ0n) is 42.2. The minimum atomic E-state index is -4.41. The van der Waals surface area contributed by atoms with Crippen molar-refractivity contribution < 1.29 is 46.8 Å². The quantitative estimate of drug-likeness (QED) is 0.0159. The molecule has 10 nitrogen and oxygen atoms in total. The van der Waals surface area contributed by atoms with E-state index in [0.29, 0.717) is 29.7 Å². The maximum Gasteiger partial charge on any atom is 0.472 e. The van der Waals surface area contributed by atoms with Crippen LogP contribution >= 0.6 is 7.82 Å². The van der Waals surface area contributed by atoms with Gasteiger partial charge in [-0.1, -0.05) is 203 Å². The van der Waals surface area contributed by atoms with Gasteiger partial charge >= 0.3 is 19.8 Å². The molecule has 0 saturated carbocycles. The number of hydrogen-bond acceptors (Lipinski definition) is 8. The van der Waals surface area contributed by atoms with Crippen molar-refractivity contribution in [3.05, 3.63) is 60.8 Å². The third-order valence-corrected chi connectivity index (χ3v) is 12.5. The van der Waals surface area contributed by atoms with Crippen LogP contribution in [-0.4, -0.2) is 87.1 Å². The van der Waals surface area contributed by atoms with Crippen LogP contribution in [0.5, 0.6) is 0 Å². The summed E-state index contributed by atoms with van der Waals surface area (Å²) in [6.07, 6.45) is 54.8. The Morgan fingerprint density at radius 1 is 0.569 bits per heavy atom. The smallest absolute Gasteiger partial charge is 0.462 e. The largest absolute Gasteiger partial charge is 0.472 e. The van der Waals surface area contributed by atoms with Crippen molar-refractivity contribution in [3.8, 4) is 0 Å². The number of nitrogens with zero attached hydrogens (tertiary/aromatic N) is 1. The van der Waals surface area contributed by atoms with Gasteiger partial charge in [-0.3, -0.25) is 18.6 Å². The number of rotatable bonds is 46. The summed E-state index contributed by atoms with van der Waals surface area (Å²) in [6.45, 7) is 4.24. The Balaban J connectivity index is 2.24. The topological polar surface area (TPSA) is 121 Å². The van der Waals surface area contributed by atoms with Crippen LogP contribution in [0.2, 0.25) is 0 Å². The average Bonchev–Trinajstić information content (AvgIpc) is 4.02. The molecule has 1 aliphatic heterocycles. The van der Waals surface area contributed by atoms with Gasteiger partial charge in [0.1, 0.15) is 19.8 Å². The lowest BCUT2D eigenvalue weighted by Crippen LogP contribution is -2.37. The zero-order chi connectivity index (χ0) is 47.5. The van der Waals surface area contributed by atoms with E-state index in [9.17, 15) is 19.0 Å². The van der Waals surface area contributed by atoms with E-state index in [-0.39, 0.29) is 32.0 Å². The van der Waals surface area contributed by atoms with E-state index in [1.807, 2.05) is 33.3 Å². The van der Waals surface area contributed by atoms with Crippen molar-refractivity contribution >= 4 is 19.8 Å². The van der Waals surface area contributed by atoms with Crippen molar-refractivity contribution in [2.75, 3.05) is 47.5 Å². The molecule has 1 saturated heterocycles. The number of epoxide rings is 1. The summed E-state index contributed by atoms with van der Waals surface area (Å²) in [5.74, 6) is -0.895. The van der Waals surface area contributed by atoms with Crippen LogP contribution < -0.4 is 0 Å². The maximum absolute atomic E-state index is 12.7. The molecule has 376 valence electrons. The van der Waals surface area contributed by atoms with E-state index in [1.165, 1.54) is 116 Å². The molecule has 1 N–H and O–H groups in total. The zero-order valence-corrected chi connectivity index (χ0v) is 43.0.